The fourth-order valence-corrected chi connectivity index (χ4v) is 5.79. The number of amides is 1. The van der Waals surface area contributed by atoms with Gasteiger partial charge in [0.15, 0.2) is 0 Å². The van der Waals surface area contributed by atoms with Gasteiger partial charge in [0.2, 0.25) is 5.91 Å². The predicted octanol–water partition coefficient (Wildman–Crippen LogP) is 3.22. The van der Waals surface area contributed by atoms with Gasteiger partial charge in [0.1, 0.15) is 0 Å². The van der Waals surface area contributed by atoms with Gasteiger partial charge in [-0.25, -0.2) is 4.21 Å². The standard InChI is InChI=1S/C19H28N2O3S/c1-3-16(2)18(22)21-11-12-24-19(15-21)9-13-25(23,14-10-19)20-17-7-5-4-6-8-17/h4-8,16H,3,9-15H2,1-2H3. The molecule has 0 bridgehead atoms. The zero-order valence-electron chi connectivity index (χ0n) is 15.1. The summed E-state index contributed by atoms with van der Waals surface area (Å²) in [5, 5.41) is 0. The maximum absolute atomic E-state index is 13.1. The molecule has 2 fully saturated rings. The third-order valence-corrected chi connectivity index (χ3v) is 7.60. The number of hydrogen-bond donors (Lipinski definition) is 0. The van der Waals surface area contributed by atoms with Crippen molar-refractivity contribution in [2.24, 2.45) is 10.3 Å². The number of rotatable bonds is 3. The van der Waals surface area contributed by atoms with Gasteiger partial charge < -0.3 is 9.64 Å². The molecular formula is C19H28N2O3S. The minimum Gasteiger partial charge on any atom is -0.371 e. The van der Waals surface area contributed by atoms with Gasteiger partial charge in [-0.1, -0.05) is 32.0 Å². The monoisotopic (exact) mass is 364 g/mol. The quantitative estimate of drug-likeness (QED) is 0.827. The SMILES string of the molecule is CCC(C)C(=O)N1CCOC2(CCS(=O)(=Nc3ccccc3)CC2)C1. The Hall–Kier alpha value is -1.40. The average molecular weight is 365 g/mol. The minimum absolute atomic E-state index is 0.0519. The molecule has 2 heterocycles. The molecule has 2 aliphatic heterocycles. The van der Waals surface area contributed by atoms with Crippen LogP contribution in [0.4, 0.5) is 5.69 Å². The zero-order chi connectivity index (χ0) is 17.9. The van der Waals surface area contributed by atoms with Gasteiger partial charge >= 0.3 is 0 Å². The van der Waals surface area contributed by atoms with Crippen LogP contribution in [-0.2, 0) is 19.3 Å². The molecule has 0 radical (unpaired) electrons. The van der Waals surface area contributed by atoms with E-state index in [0.29, 0.717) is 44.0 Å². The summed E-state index contributed by atoms with van der Waals surface area (Å²) in [5.41, 5.74) is 0.440. The third kappa shape index (κ3) is 4.23. The number of benzene rings is 1. The molecule has 3 rings (SSSR count). The van der Waals surface area contributed by atoms with Crippen LogP contribution < -0.4 is 0 Å². The Bertz CT molecular complexity index is 711. The number of carbonyl (C=O) groups is 1. The Morgan fingerprint density at radius 3 is 2.64 bits per heavy atom. The second-order valence-electron chi connectivity index (χ2n) is 7.21. The van der Waals surface area contributed by atoms with E-state index in [1.165, 1.54) is 0 Å². The van der Waals surface area contributed by atoms with E-state index < -0.39 is 9.73 Å². The summed E-state index contributed by atoms with van der Waals surface area (Å²) in [6.45, 7) is 5.88. The van der Waals surface area contributed by atoms with E-state index in [1.807, 2.05) is 49.1 Å². The highest BCUT2D eigenvalue weighted by Crippen LogP contribution is 2.33. The first-order valence-electron chi connectivity index (χ1n) is 9.16. The maximum Gasteiger partial charge on any atom is 0.225 e. The van der Waals surface area contributed by atoms with Gasteiger partial charge in [-0.2, -0.15) is 4.36 Å². The molecule has 0 saturated carbocycles. The van der Waals surface area contributed by atoms with E-state index in [-0.39, 0.29) is 17.4 Å². The summed E-state index contributed by atoms with van der Waals surface area (Å²) in [4.78, 5) is 14.5. The minimum atomic E-state index is -2.24. The fraction of sp³-hybridized carbons (Fsp3) is 0.632. The summed E-state index contributed by atoms with van der Waals surface area (Å²) in [5.74, 6) is 1.34. The van der Waals surface area contributed by atoms with Crippen LogP contribution in [0.3, 0.4) is 0 Å². The molecule has 1 aromatic carbocycles. The normalized spacial score (nSPS) is 30.9. The van der Waals surface area contributed by atoms with Crippen LogP contribution in [0.1, 0.15) is 33.1 Å². The van der Waals surface area contributed by atoms with Gasteiger partial charge in [-0.15, -0.1) is 0 Å². The molecule has 1 unspecified atom stereocenters. The molecule has 138 valence electrons. The van der Waals surface area contributed by atoms with E-state index in [2.05, 4.69) is 4.36 Å². The van der Waals surface area contributed by atoms with Gasteiger partial charge in [0.25, 0.3) is 0 Å². The average Bonchev–Trinajstić information content (AvgIpc) is 2.64. The first kappa shape index (κ1) is 18.4. The molecule has 6 heteroatoms. The van der Waals surface area contributed by atoms with E-state index in [4.69, 9.17) is 4.74 Å². The molecule has 2 aliphatic rings. The number of nitrogens with zero attached hydrogens (tertiary/aromatic N) is 2. The second kappa shape index (κ2) is 7.46. The van der Waals surface area contributed by atoms with Crippen LogP contribution in [0.2, 0.25) is 0 Å². The van der Waals surface area contributed by atoms with Gasteiger partial charge in [-0.05, 0) is 31.4 Å². The highest BCUT2D eigenvalue weighted by atomic mass is 32.2. The van der Waals surface area contributed by atoms with E-state index >= 15 is 0 Å². The first-order valence-corrected chi connectivity index (χ1v) is 11.0. The summed E-state index contributed by atoms with van der Waals surface area (Å²) in [6.07, 6.45) is 2.26. The van der Waals surface area contributed by atoms with Crippen molar-refractivity contribution >= 4 is 21.3 Å². The molecule has 1 atom stereocenters. The number of morpholine rings is 1. The smallest absolute Gasteiger partial charge is 0.225 e. The highest BCUT2D eigenvalue weighted by Gasteiger charge is 2.42. The first-order chi connectivity index (χ1) is 12.0. The lowest BCUT2D eigenvalue weighted by molar-refractivity contribution is -0.155. The maximum atomic E-state index is 13.1. The van der Waals surface area contributed by atoms with E-state index in [0.717, 1.165) is 12.1 Å². The number of hydrogen-bond acceptors (Lipinski definition) is 4. The second-order valence-corrected chi connectivity index (χ2v) is 9.75. The molecule has 1 aromatic rings. The van der Waals surface area contributed by atoms with Crippen LogP contribution in [0.25, 0.3) is 0 Å². The van der Waals surface area contributed by atoms with E-state index in [1.54, 1.807) is 0 Å². The molecule has 5 nitrogen and oxygen atoms in total. The van der Waals surface area contributed by atoms with Crippen LogP contribution in [0.5, 0.6) is 0 Å². The van der Waals surface area contributed by atoms with Crippen LogP contribution in [0.15, 0.2) is 34.7 Å². The molecule has 0 aromatic heterocycles. The van der Waals surface area contributed by atoms with Crippen molar-refractivity contribution in [2.45, 2.75) is 38.7 Å². The lowest BCUT2D eigenvalue weighted by Gasteiger charge is -2.45. The molecule has 25 heavy (non-hydrogen) atoms. The zero-order valence-corrected chi connectivity index (χ0v) is 16.0. The van der Waals surface area contributed by atoms with E-state index in [9.17, 15) is 9.00 Å². The fourth-order valence-electron chi connectivity index (χ4n) is 3.51. The Labute approximate surface area is 150 Å². The van der Waals surface area contributed by atoms with Crippen molar-refractivity contribution in [3.8, 4) is 0 Å². The Morgan fingerprint density at radius 1 is 1.32 bits per heavy atom. The Kier molecular flexibility index (Phi) is 5.49. The van der Waals surface area contributed by atoms with Gasteiger partial charge in [-0.3, -0.25) is 4.79 Å². The third-order valence-electron chi connectivity index (χ3n) is 5.38. The molecule has 2 saturated heterocycles. The molecule has 1 spiro atoms. The van der Waals surface area contributed by atoms with Crippen molar-refractivity contribution in [1.82, 2.24) is 4.90 Å². The summed E-state index contributed by atoms with van der Waals surface area (Å²) < 4.78 is 23.7. The highest BCUT2D eigenvalue weighted by molar-refractivity contribution is 7.93. The van der Waals surface area contributed by atoms with Crippen molar-refractivity contribution in [1.29, 1.82) is 0 Å². The van der Waals surface area contributed by atoms with Crippen molar-refractivity contribution in [3.05, 3.63) is 30.3 Å². The largest absolute Gasteiger partial charge is 0.371 e. The summed E-state index contributed by atoms with van der Waals surface area (Å²) in [7, 11) is -2.24. The van der Waals surface area contributed by atoms with Gasteiger partial charge in [0.05, 0.1) is 27.6 Å². The number of carbonyl (C=O) groups excluding carboxylic acids is 1. The van der Waals surface area contributed by atoms with Crippen LogP contribution >= 0.6 is 0 Å². The lowest BCUT2D eigenvalue weighted by Crippen LogP contribution is -2.57. The predicted molar refractivity (Wildman–Crippen MR) is 100 cm³/mol. The van der Waals surface area contributed by atoms with Crippen molar-refractivity contribution < 1.29 is 13.7 Å². The lowest BCUT2D eigenvalue weighted by atomic mass is 9.93. The molecule has 1 amide bonds. The topological polar surface area (TPSA) is 59.0 Å². The van der Waals surface area contributed by atoms with Crippen molar-refractivity contribution in [2.75, 3.05) is 31.2 Å². The van der Waals surface area contributed by atoms with Gasteiger partial charge in [0, 0.05) is 30.5 Å². The van der Waals surface area contributed by atoms with Crippen LogP contribution in [-0.4, -0.2) is 51.8 Å². The van der Waals surface area contributed by atoms with Crippen molar-refractivity contribution in [3.63, 3.8) is 0 Å². The number of ether oxygens (including phenoxy) is 1. The molecule has 0 aliphatic carbocycles. The molecular weight excluding hydrogens is 336 g/mol. The summed E-state index contributed by atoms with van der Waals surface area (Å²) >= 11 is 0. The Balaban J connectivity index is 1.69. The molecule has 0 N–H and O–H groups in total. The summed E-state index contributed by atoms with van der Waals surface area (Å²) in [6, 6.07) is 9.53. The van der Waals surface area contributed by atoms with Crippen LogP contribution in [0, 0.1) is 5.92 Å². The Morgan fingerprint density at radius 2 is 2.00 bits per heavy atom.